The molecule has 0 bridgehead atoms. The predicted molar refractivity (Wildman–Crippen MR) is 200 cm³/mol. The number of rotatable bonds is 11. The number of benzene rings is 2. The van der Waals surface area contributed by atoms with Crippen LogP contribution in [0.25, 0.3) is 0 Å². The molecule has 6 N–H and O–H groups in total. The van der Waals surface area contributed by atoms with Gasteiger partial charge in [0.25, 0.3) is 10.0 Å². The van der Waals surface area contributed by atoms with Crippen LogP contribution in [0.5, 0.6) is 0 Å². The first kappa shape index (κ1) is 37.8. The number of hydrogen-bond donors (Lipinski definition) is 5. The molecule has 2 aromatic rings. The van der Waals surface area contributed by atoms with Crippen LogP contribution < -0.4 is 21.1 Å². The maximum Gasteiger partial charge on any atom is 0.408 e. The fraction of sp³-hybridized carbons (Fsp3) is 0.575. The Balaban J connectivity index is 1.09. The Bertz CT molecular complexity index is 1770. The minimum absolute atomic E-state index is 0.0215. The summed E-state index contributed by atoms with van der Waals surface area (Å²) in [6, 6.07) is 14.8. The van der Waals surface area contributed by atoms with Crippen LogP contribution in [0.2, 0.25) is 0 Å². The van der Waals surface area contributed by atoms with Crippen LogP contribution in [-0.4, -0.2) is 56.2 Å². The minimum atomic E-state index is -3.89. The highest BCUT2D eigenvalue weighted by Crippen LogP contribution is 2.64. The summed E-state index contributed by atoms with van der Waals surface area (Å²) in [6.07, 6.45) is 9.91. The molecule has 282 valence electrons. The van der Waals surface area contributed by atoms with E-state index in [1.165, 1.54) is 17.7 Å². The van der Waals surface area contributed by atoms with Gasteiger partial charge in [-0.1, -0.05) is 73.5 Å². The number of hydrogen-bond acceptors (Lipinski definition) is 7. The summed E-state index contributed by atoms with van der Waals surface area (Å²) in [6.45, 7) is 6.84. The molecular formula is C40H55N5O6S. The van der Waals surface area contributed by atoms with Gasteiger partial charge in [0.2, 0.25) is 11.9 Å². The predicted octanol–water partition coefficient (Wildman–Crippen LogP) is 5.47. The van der Waals surface area contributed by atoms with E-state index in [1.807, 2.05) is 37.3 Å². The number of amides is 2. The SMILES string of the molecule is Cc1ccc(S(=O)(=O)NC(N)=NCCCC(NC(=O)OCc2ccccc2)C(=O)NC2CC[C@H]3[C@@H]4CC=C5CC(O)CC[C@]5(C)[C@H]4CC[C@]23C)cc1. The number of aliphatic hydroxyl groups is 1. The molecule has 4 aliphatic carbocycles. The van der Waals surface area contributed by atoms with Crippen LogP contribution in [-0.2, 0) is 26.2 Å². The molecule has 0 heterocycles. The van der Waals surface area contributed by atoms with Gasteiger partial charge in [0.05, 0.1) is 11.0 Å². The molecule has 2 amide bonds. The summed E-state index contributed by atoms with van der Waals surface area (Å²) in [5, 5.41) is 16.5. The van der Waals surface area contributed by atoms with E-state index < -0.39 is 22.2 Å². The fourth-order valence-corrected chi connectivity index (χ4v) is 10.7. The molecule has 3 unspecified atom stereocenters. The van der Waals surface area contributed by atoms with Crippen molar-refractivity contribution in [1.29, 1.82) is 0 Å². The second-order valence-corrected chi connectivity index (χ2v) is 17.6. The molecule has 52 heavy (non-hydrogen) atoms. The monoisotopic (exact) mass is 733 g/mol. The van der Waals surface area contributed by atoms with Crippen molar-refractivity contribution in [1.82, 2.24) is 15.4 Å². The number of alkyl carbamates (subject to hydrolysis) is 1. The molecule has 0 saturated heterocycles. The number of aliphatic hydroxyl groups excluding tert-OH is 1. The first-order valence-electron chi connectivity index (χ1n) is 18.8. The maximum atomic E-state index is 14.0. The highest BCUT2D eigenvalue weighted by molar-refractivity contribution is 7.90. The number of aryl methyl sites for hydroxylation is 1. The summed E-state index contributed by atoms with van der Waals surface area (Å²) in [5.74, 6) is 1.12. The van der Waals surface area contributed by atoms with Crippen molar-refractivity contribution in [2.24, 2.45) is 39.3 Å². The van der Waals surface area contributed by atoms with Crippen LogP contribution in [0.1, 0.15) is 89.2 Å². The molecule has 3 fully saturated rings. The number of nitrogens with zero attached hydrogens (tertiary/aromatic N) is 1. The summed E-state index contributed by atoms with van der Waals surface area (Å²) in [7, 11) is -3.89. The molecule has 11 nitrogen and oxygen atoms in total. The van der Waals surface area contributed by atoms with E-state index in [4.69, 9.17) is 10.5 Å². The van der Waals surface area contributed by atoms with Crippen LogP contribution in [0, 0.1) is 35.5 Å². The van der Waals surface area contributed by atoms with Gasteiger partial charge < -0.3 is 26.2 Å². The van der Waals surface area contributed by atoms with Crippen molar-refractivity contribution in [3.05, 3.63) is 77.4 Å². The summed E-state index contributed by atoms with van der Waals surface area (Å²) in [4.78, 5) is 31.3. The van der Waals surface area contributed by atoms with E-state index in [2.05, 4.69) is 40.3 Å². The Morgan fingerprint density at radius 3 is 2.52 bits per heavy atom. The van der Waals surface area contributed by atoms with Crippen molar-refractivity contribution >= 4 is 28.0 Å². The zero-order valence-electron chi connectivity index (χ0n) is 30.6. The summed E-state index contributed by atoms with van der Waals surface area (Å²) >= 11 is 0. The van der Waals surface area contributed by atoms with Gasteiger partial charge in [-0.2, -0.15) is 0 Å². The summed E-state index contributed by atoms with van der Waals surface area (Å²) in [5.41, 5.74) is 9.24. The molecule has 4 aliphatic rings. The highest BCUT2D eigenvalue weighted by atomic mass is 32.2. The number of carbonyl (C=O) groups is 2. The third-order valence-corrected chi connectivity index (χ3v) is 14.1. The molecule has 6 rings (SSSR count). The van der Waals surface area contributed by atoms with Crippen LogP contribution in [0.3, 0.4) is 0 Å². The van der Waals surface area contributed by atoms with E-state index in [-0.39, 0.29) is 59.3 Å². The first-order chi connectivity index (χ1) is 24.8. The molecule has 0 radical (unpaired) electrons. The zero-order valence-corrected chi connectivity index (χ0v) is 31.5. The van der Waals surface area contributed by atoms with Gasteiger partial charge in [-0.25, -0.2) is 17.9 Å². The fourth-order valence-electron chi connectivity index (χ4n) is 9.77. The average Bonchev–Trinajstić information content (AvgIpc) is 3.45. The second kappa shape index (κ2) is 15.6. The second-order valence-electron chi connectivity index (χ2n) is 15.9. The van der Waals surface area contributed by atoms with Gasteiger partial charge in [0.1, 0.15) is 12.6 Å². The Kier molecular flexibility index (Phi) is 11.4. The Morgan fingerprint density at radius 2 is 1.77 bits per heavy atom. The van der Waals surface area contributed by atoms with E-state index in [0.29, 0.717) is 24.2 Å². The number of ether oxygens (including phenoxy) is 1. The van der Waals surface area contributed by atoms with Gasteiger partial charge in [-0.3, -0.25) is 9.79 Å². The van der Waals surface area contributed by atoms with Crippen LogP contribution in [0.15, 0.2) is 76.1 Å². The Labute approximate surface area is 308 Å². The van der Waals surface area contributed by atoms with Gasteiger partial charge in [0.15, 0.2) is 0 Å². The normalized spacial score (nSPS) is 30.5. The van der Waals surface area contributed by atoms with Gasteiger partial charge >= 0.3 is 6.09 Å². The average molecular weight is 734 g/mol. The Hall–Kier alpha value is -3.90. The largest absolute Gasteiger partial charge is 0.445 e. The molecule has 8 atom stereocenters. The number of nitrogens with one attached hydrogen (secondary N) is 3. The van der Waals surface area contributed by atoms with E-state index in [0.717, 1.165) is 62.5 Å². The van der Waals surface area contributed by atoms with E-state index in [1.54, 1.807) is 12.1 Å². The van der Waals surface area contributed by atoms with Crippen molar-refractivity contribution < 1.29 is 27.9 Å². The van der Waals surface area contributed by atoms with Crippen LogP contribution >= 0.6 is 0 Å². The quantitative estimate of drug-likeness (QED) is 0.0882. The number of guanidine groups is 1. The number of allylic oxidation sites excluding steroid dienone is 1. The summed E-state index contributed by atoms with van der Waals surface area (Å²) < 4.78 is 33.2. The number of fused-ring (bicyclic) bond motifs is 5. The zero-order chi connectivity index (χ0) is 37.1. The molecule has 3 saturated carbocycles. The topological polar surface area (TPSA) is 172 Å². The lowest BCUT2D eigenvalue weighted by Gasteiger charge is -2.58. The van der Waals surface area contributed by atoms with Gasteiger partial charge in [-0.15, -0.1) is 0 Å². The molecule has 2 aromatic carbocycles. The van der Waals surface area contributed by atoms with Crippen molar-refractivity contribution in [3.63, 3.8) is 0 Å². The van der Waals surface area contributed by atoms with Gasteiger partial charge in [0, 0.05) is 12.6 Å². The molecule has 0 aliphatic heterocycles. The van der Waals surface area contributed by atoms with Crippen LogP contribution in [0.4, 0.5) is 4.79 Å². The lowest BCUT2D eigenvalue weighted by molar-refractivity contribution is -0.125. The van der Waals surface area contributed by atoms with Crippen molar-refractivity contribution in [3.8, 4) is 0 Å². The first-order valence-corrected chi connectivity index (χ1v) is 20.3. The van der Waals surface area contributed by atoms with E-state index >= 15 is 0 Å². The molecule has 12 heteroatoms. The lowest BCUT2D eigenvalue weighted by Crippen LogP contribution is -2.56. The lowest BCUT2D eigenvalue weighted by atomic mass is 9.48. The van der Waals surface area contributed by atoms with Crippen molar-refractivity contribution in [2.45, 2.75) is 115 Å². The molecule has 0 aromatic heterocycles. The third-order valence-electron chi connectivity index (χ3n) is 12.7. The minimum Gasteiger partial charge on any atom is -0.445 e. The smallest absolute Gasteiger partial charge is 0.408 e. The molecule has 0 spiro atoms. The van der Waals surface area contributed by atoms with Crippen molar-refractivity contribution in [2.75, 3.05) is 6.54 Å². The van der Waals surface area contributed by atoms with E-state index in [9.17, 15) is 23.1 Å². The Morgan fingerprint density at radius 1 is 1.02 bits per heavy atom. The van der Waals surface area contributed by atoms with Gasteiger partial charge in [-0.05, 0) is 117 Å². The number of aliphatic imine (C=N–C) groups is 1. The number of carbonyl (C=O) groups excluding carboxylic acids is 2. The standard InChI is InChI=1S/C40H55N5O6S/c1-26-11-14-30(15-12-26)52(49,50)45-37(41)42-23-7-10-34(43-38(48)51-25-27-8-5-4-6-9-27)36(47)44-35-18-17-32-31-16-13-28-24-29(46)19-21-39(28,2)33(31)20-22-40(32,35)3/h4-6,8-9,11-15,29,31-35,46H,7,10,16-25H2,1-3H3,(H,43,48)(H,44,47)(H3,41,42,45)/t29?,31-,32-,33-,34?,35?,39-,40-/m0/s1. The number of sulfonamides is 1. The maximum absolute atomic E-state index is 14.0. The molecular weight excluding hydrogens is 679 g/mol. The number of nitrogens with two attached hydrogens (primary N) is 1. The third kappa shape index (κ3) is 8.17. The highest BCUT2D eigenvalue weighted by Gasteiger charge is 2.59.